The maximum atomic E-state index is 13.4. The van der Waals surface area contributed by atoms with Gasteiger partial charge in [-0.15, -0.1) is 0 Å². The fraction of sp³-hybridized carbons (Fsp3) is 0.200. The van der Waals surface area contributed by atoms with Crippen molar-refractivity contribution in [1.29, 1.82) is 0 Å². The first-order valence-corrected chi connectivity index (χ1v) is 14.7. The smallest absolute Gasteiger partial charge is 0.311 e. The Morgan fingerprint density at radius 3 is 2.15 bits per heavy atom. The van der Waals surface area contributed by atoms with Gasteiger partial charge in [-0.05, 0) is 36.4 Å². The Balaban J connectivity index is 1.62. The second-order valence-corrected chi connectivity index (χ2v) is 12.4. The van der Waals surface area contributed by atoms with Crippen molar-refractivity contribution >= 4 is 37.9 Å². The molecule has 3 aromatic rings. The maximum Gasteiger partial charge on any atom is 0.311 e. The summed E-state index contributed by atoms with van der Waals surface area (Å²) < 4.78 is 60.4. The molecule has 1 N–H and O–H groups in total. The minimum absolute atomic E-state index is 0.00708. The number of hydrogen-bond acceptors (Lipinski definition) is 9. The number of nitro groups is 1. The van der Waals surface area contributed by atoms with Crippen molar-refractivity contribution in [2.24, 2.45) is 5.10 Å². The van der Waals surface area contributed by atoms with Gasteiger partial charge in [0.25, 0.3) is 5.91 Å². The van der Waals surface area contributed by atoms with E-state index in [4.69, 9.17) is 4.74 Å². The lowest BCUT2D eigenvalue weighted by Gasteiger charge is -2.38. The number of nitrogens with zero attached hydrogens (tertiary/aromatic N) is 4. The molecule has 1 amide bonds. The number of nitrogens with one attached hydrogen (secondary N) is 1. The Hall–Kier alpha value is -4.18. The second-order valence-electron chi connectivity index (χ2n) is 8.54. The monoisotopic (exact) mass is 587 g/mol. The van der Waals surface area contributed by atoms with Gasteiger partial charge in [0, 0.05) is 31.3 Å². The van der Waals surface area contributed by atoms with Crippen molar-refractivity contribution in [3.8, 4) is 5.75 Å². The molecule has 3 aromatic carbocycles. The SMILES string of the molecule is COc1ccc(/C=N\NC(=O)[C@@H]2CN(S(=O)(=O)c3ccccc3)CCN2S(=O)(=O)c2ccccc2)cc1[N+](=O)[O-]. The highest BCUT2D eigenvalue weighted by Crippen LogP contribution is 2.27. The molecule has 40 heavy (non-hydrogen) atoms. The Labute approximate surface area is 230 Å². The highest BCUT2D eigenvalue weighted by molar-refractivity contribution is 7.89. The standard InChI is InChI=1S/C25H25N5O8S2/c1-38-24-13-12-19(16-22(24)30(32)33)17-26-27-25(31)23-18-28(39(34,35)20-8-4-2-5-9-20)14-15-29(23)40(36,37)21-10-6-3-7-11-21/h2-13,16-17,23H,14-15,18H2,1H3,(H,27,31)/b26-17-/t23-/m0/s1. The molecular formula is C25H25N5O8S2. The lowest BCUT2D eigenvalue weighted by atomic mass is 10.2. The lowest BCUT2D eigenvalue weighted by Crippen LogP contribution is -2.60. The molecule has 0 radical (unpaired) electrons. The average Bonchev–Trinajstić information content (AvgIpc) is 2.97. The number of hydrazone groups is 1. The number of carbonyl (C=O) groups excluding carboxylic acids is 1. The van der Waals surface area contributed by atoms with Gasteiger partial charge in [-0.1, -0.05) is 36.4 Å². The van der Waals surface area contributed by atoms with Crippen LogP contribution in [0.4, 0.5) is 5.69 Å². The van der Waals surface area contributed by atoms with Crippen LogP contribution in [0.3, 0.4) is 0 Å². The topological polar surface area (TPSA) is 169 Å². The van der Waals surface area contributed by atoms with E-state index < -0.39 is 43.5 Å². The number of carbonyl (C=O) groups is 1. The minimum atomic E-state index is -4.18. The number of rotatable bonds is 9. The van der Waals surface area contributed by atoms with E-state index in [1.165, 1.54) is 61.7 Å². The third-order valence-corrected chi connectivity index (χ3v) is 9.92. The number of piperazine rings is 1. The molecule has 1 fully saturated rings. The molecule has 1 aliphatic rings. The van der Waals surface area contributed by atoms with Crippen molar-refractivity contribution in [2.75, 3.05) is 26.7 Å². The Bertz CT molecular complexity index is 1630. The zero-order valence-corrected chi connectivity index (χ0v) is 22.8. The van der Waals surface area contributed by atoms with E-state index in [0.29, 0.717) is 0 Å². The van der Waals surface area contributed by atoms with E-state index in [1.54, 1.807) is 24.3 Å². The van der Waals surface area contributed by atoms with Gasteiger partial charge in [0.1, 0.15) is 6.04 Å². The summed E-state index contributed by atoms with van der Waals surface area (Å²) >= 11 is 0. The Morgan fingerprint density at radius 1 is 0.975 bits per heavy atom. The predicted molar refractivity (Wildman–Crippen MR) is 145 cm³/mol. The molecule has 0 unspecified atom stereocenters. The summed E-state index contributed by atoms with van der Waals surface area (Å²) in [6, 6.07) is 17.7. The quantitative estimate of drug-likeness (QED) is 0.225. The van der Waals surface area contributed by atoms with Gasteiger partial charge < -0.3 is 4.74 Å². The molecule has 4 rings (SSSR count). The Morgan fingerprint density at radius 2 is 1.57 bits per heavy atom. The van der Waals surface area contributed by atoms with Crippen LogP contribution in [0.25, 0.3) is 0 Å². The van der Waals surface area contributed by atoms with Crippen LogP contribution in [-0.2, 0) is 24.8 Å². The molecule has 13 nitrogen and oxygen atoms in total. The lowest BCUT2D eigenvalue weighted by molar-refractivity contribution is -0.385. The molecule has 210 valence electrons. The van der Waals surface area contributed by atoms with Crippen molar-refractivity contribution in [3.63, 3.8) is 0 Å². The third-order valence-electron chi connectivity index (χ3n) is 6.12. The third kappa shape index (κ3) is 6.02. The van der Waals surface area contributed by atoms with Crippen molar-refractivity contribution in [1.82, 2.24) is 14.0 Å². The summed E-state index contributed by atoms with van der Waals surface area (Å²) in [6.07, 6.45) is 1.14. The summed E-state index contributed by atoms with van der Waals surface area (Å²) in [5.41, 5.74) is 2.19. The van der Waals surface area contributed by atoms with Crippen LogP contribution in [0.1, 0.15) is 5.56 Å². The molecule has 0 spiro atoms. The second kappa shape index (κ2) is 11.9. The molecule has 0 bridgehead atoms. The highest BCUT2D eigenvalue weighted by Gasteiger charge is 2.43. The molecule has 1 saturated heterocycles. The average molecular weight is 588 g/mol. The summed E-state index contributed by atoms with van der Waals surface area (Å²) in [7, 11) is -6.92. The number of ether oxygens (including phenoxy) is 1. The normalized spacial score (nSPS) is 17.0. The molecule has 1 atom stereocenters. The fourth-order valence-electron chi connectivity index (χ4n) is 4.11. The molecule has 0 aromatic heterocycles. The predicted octanol–water partition coefficient (Wildman–Crippen LogP) is 1.82. The van der Waals surface area contributed by atoms with Crippen LogP contribution >= 0.6 is 0 Å². The van der Waals surface area contributed by atoms with Gasteiger partial charge in [0.2, 0.25) is 20.0 Å². The van der Waals surface area contributed by atoms with Crippen molar-refractivity contribution in [3.05, 3.63) is 94.5 Å². The van der Waals surface area contributed by atoms with Crippen LogP contribution in [0, 0.1) is 10.1 Å². The van der Waals surface area contributed by atoms with Crippen LogP contribution in [0.5, 0.6) is 5.75 Å². The van der Waals surface area contributed by atoms with E-state index in [1.807, 2.05) is 0 Å². The summed E-state index contributed by atoms with van der Waals surface area (Å²) in [4.78, 5) is 23.9. The summed E-state index contributed by atoms with van der Waals surface area (Å²) in [5.74, 6) is -0.846. The van der Waals surface area contributed by atoms with Crippen molar-refractivity contribution in [2.45, 2.75) is 15.8 Å². The Kier molecular flexibility index (Phi) is 8.58. The number of nitro benzene ring substituents is 1. The van der Waals surface area contributed by atoms with Crippen LogP contribution in [-0.4, -0.2) is 75.3 Å². The number of benzene rings is 3. The van der Waals surface area contributed by atoms with Gasteiger partial charge in [-0.2, -0.15) is 13.7 Å². The molecule has 15 heteroatoms. The first-order chi connectivity index (χ1) is 19.1. The van der Waals surface area contributed by atoms with Crippen molar-refractivity contribution < 1.29 is 31.3 Å². The molecule has 0 saturated carbocycles. The zero-order chi connectivity index (χ0) is 28.9. The van der Waals surface area contributed by atoms with Gasteiger partial charge in [-0.3, -0.25) is 14.9 Å². The van der Waals surface area contributed by atoms with E-state index in [-0.39, 0.29) is 39.9 Å². The van der Waals surface area contributed by atoms with Gasteiger partial charge >= 0.3 is 5.69 Å². The number of hydrogen-bond donors (Lipinski definition) is 1. The van der Waals surface area contributed by atoms with E-state index >= 15 is 0 Å². The summed E-state index contributed by atoms with van der Waals surface area (Å²) in [6.45, 7) is -0.916. The molecule has 0 aliphatic carbocycles. The zero-order valence-electron chi connectivity index (χ0n) is 21.2. The molecular weight excluding hydrogens is 562 g/mol. The van der Waals surface area contributed by atoms with E-state index in [9.17, 15) is 31.7 Å². The van der Waals surface area contributed by atoms with Gasteiger partial charge in [0.05, 0.1) is 28.0 Å². The van der Waals surface area contributed by atoms with Crippen LogP contribution in [0.15, 0.2) is 93.8 Å². The molecule has 1 aliphatic heterocycles. The first-order valence-electron chi connectivity index (χ1n) is 11.8. The van der Waals surface area contributed by atoms with Gasteiger partial charge in [-0.25, -0.2) is 22.3 Å². The number of amides is 1. The first kappa shape index (κ1) is 28.8. The largest absolute Gasteiger partial charge is 0.490 e. The number of methoxy groups -OCH3 is 1. The van der Waals surface area contributed by atoms with E-state index in [0.717, 1.165) is 14.8 Å². The van der Waals surface area contributed by atoms with Gasteiger partial charge in [0.15, 0.2) is 5.75 Å². The fourth-order valence-corrected chi connectivity index (χ4v) is 7.16. The van der Waals surface area contributed by atoms with E-state index in [2.05, 4.69) is 10.5 Å². The maximum absolute atomic E-state index is 13.4. The number of sulfonamides is 2. The summed E-state index contributed by atoms with van der Waals surface area (Å²) in [5, 5.41) is 15.1. The van der Waals surface area contributed by atoms with Crippen LogP contribution < -0.4 is 10.2 Å². The highest BCUT2D eigenvalue weighted by atomic mass is 32.2. The molecule has 1 heterocycles. The minimum Gasteiger partial charge on any atom is -0.490 e. The van der Waals surface area contributed by atoms with Crippen LogP contribution in [0.2, 0.25) is 0 Å².